The van der Waals surface area contributed by atoms with Gasteiger partial charge in [0.25, 0.3) is 0 Å². The second-order valence-corrected chi connectivity index (χ2v) is 3.51. The molecule has 0 aliphatic carbocycles. The lowest BCUT2D eigenvalue weighted by Crippen LogP contribution is -2.05. The van der Waals surface area contributed by atoms with E-state index in [1.165, 1.54) is 6.07 Å². The number of aryl methyl sites for hydroxylation is 1. The Hall–Kier alpha value is -1.74. The van der Waals surface area contributed by atoms with E-state index >= 15 is 0 Å². The number of phenols is 2. The maximum absolute atomic E-state index is 11.9. The highest BCUT2D eigenvalue weighted by atomic mass is 31.0. The van der Waals surface area contributed by atoms with Crippen LogP contribution in [0.3, 0.4) is 0 Å². The largest absolute Gasteiger partial charge is 0.508 e. The lowest BCUT2D eigenvalue weighted by Gasteiger charge is -2.06. The summed E-state index contributed by atoms with van der Waals surface area (Å²) < 4.78 is 10.1. The van der Waals surface area contributed by atoms with Crippen LogP contribution in [-0.4, -0.2) is 10.2 Å². The maximum Gasteiger partial charge on any atom is 0.238 e. The van der Waals surface area contributed by atoms with Gasteiger partial charge >= 0.3 is 0 Å². The van der Waals surface area contributed by atoms with Crippen LogP contribution in [0.1, 0.15) is 5.76 Å². The van der Waals surface area contributed by atoms with Gasteiger partial charge in [-0.15, -0.1) is 0 Å². The Morgan fingerprint density at radius 1 is 1.38 bits per heavy atom. The first-order chi connectivity index (χ1) is 7.54. The van der Waals surface area contributed by atoms with Crippen molar-refractivity contribution in [3.05, 3.63) is 28.1 Å². The fourth-order valence-corrected chi connectivity index (χ4v) is 1.79. The summed E-state index contributed by atoms with van der Waals surface area (Å²) in [5.41, 5.74) is -0.364. The summed E-state index contributed by atoms with van der Waals surface area (Å²) in [5.74, 6) is -0.227. The van der Waals surface area contributed by atoms with Crippen molar-refractivity contribution >= 4 is 20.4 Å². The number of rotatable bonds is 1. The third kappa shape index (κ3) is 1.49. The van der Waals surface area contributed by atoms with E-state index in [9.17, 15) is 15.0 Å². The molecule has 1 unspecified atom stereocenters. The van der Waals surface area contributed by atoms with E-state index in [4.69, 9.17) is 8.94 Å². The average molecular weight is 240 g/mol. The highest BCUT2D eigenvalue weighted by Gasteiger charge is 2.15. The van der Waals surface area contributed by atoms with Crippen molar-refractivity contribution in [1.29, 1.82) is 0 Å². The van der Waals surface area contributed by atoms with E-state index in [1.807, 2.05) is 9.47 Å². The zero-order valence-electron chi connectivity index (χ0n) is 8.35. The zero-order chi connectivity index (χ0) is 11.9. The molecule has 2 N–H and O–H groups in total. The van der Waals surface area contributed by atoms with Crippen molar-refractivity contribution in [1.82, 2.24) is 0 Å². The molecule has 16 heavy (non-hydrogen) atoms. The Morgan fingerprint density at radius 3 is 2.69 bits per heavy atom. The molecule has 2 aromatic rings. The summed E-state index contributed by atoms with van der Waals surface area (Å²) in [5, 5.41) is 18.8. The highest BCUT2D eigenvalue weighted by molar-refractivity contribution is 7.10. The fourth-order valence-electron chi connectivity index (χ4n) is 1.52. The smallest absolute Gasteiger partial charge is 0.238 e. The fraction of sp³-hybridized carbons (Fsp3) is 0.100. The van der Waals surface area contributed by atoms with Gasteiger partial charge in [-0.25, -0.2) is 0 Å². The molecule has 5 nitrogen and oxygen atoms in total. The molecular formula is C10H9O5P. The molecule has 0 spiro atoms. The number of aromatic hydroxyl groups is 2. The van der Waals surface area contributed by atoms with Gasteiger partial charge in [-0.3, -0.25) is 4.79 Å². The predicted molar refractivity (Wildman–Crippen MR) is 60.9 cm³/mol. The van der Waals surface area contributed by atoms with Gasteiger partial charge in [-0.2, -0.15) is 0 Å². The van der Waals surface area contributed by atoms with Crippen molar-refractivity contribution in [2.24, 2.45) is 0 Å². The third-order valence-electron chi connectivity index (χ3n) is 2.20. The van der Waals surface area contributed by atoms with Gasteiger partial charge in [0, 0.05) is 12.1 Å². The van der Waals surface area contributed by atoms with Crippen molar-refractivity contribution in [2.75, 3.05) is 0 Å². The van der Waals surface area contributed by atoms with Crippen molar-refractivity contribution in [3.8, 4) is 17.2 Å². The van der Waals surface area contributed by atoms with Crippen LogP contribution in [-0.2, 0) is 0 Å². The van der Waals surface area contributed by atoms with Crippen LogP contribution in [0.5, 0.6) is 17.2 Å². The molecule has 1 aromatic heterocycles. The van der Waals surface area contributed by atoms with E-state index in [0.29, 0.717) is 0 Å². The van der Waals surface area contributed by atoms with Crippen LogP contribution in [0.25, 0.3) is 11.0 Å². The molecule has 1 heterocycles. The highest BCUT2D eigenvalue weighted by Crippen LogP contribution is 2.30. The lowest BCUT2D eigenvalue weighted by molar-refractivity contribution is 0.449. The number of benzene rings is 1. The molecule has 0 aliphatic heterocycles. The first-order valence-corrected chi connectivity index (χ1v) is 4.88. The van der Waals surface area contributed by atoms with E-state index < -0.39 is 5.43 Å². The van der Waals surface area contributed by atoms with Gasteiger partial charge in [0.1, 0.15) is 28.2 Å². The normalized spacial score (nSPS) is 10.6. The summed E-state index contributed by atoms with van der Waals surface area (Å²) in [7, 11) is 1.95. The average Bonchev–Trinajstić information content (AvgIpc) is 2.15. The van der Waals surface area contributed by atoms with Gasteiger partial charge in [0.05, 0.1) is 9.47 Å². The third-order valence-corrected chi connectivity index (χ3v) is 2.44. The molecule has 0 amide bonds. The minimum atomic E-state index is -0.480. The standard InChI is InChI=1S/C10H9O5P/c1-4-10(15-16)9(13)8-6(12)2-5(11)3-7(8)14-4/h2-3,11-12H,16H2,1H3. The minimum Gasteiger partial charge on any atom is -0.508 e. The Kier molecular flexibility index (Phi) is 2.48. The summed E-state index contributed by atoms with van der Waals surface area (Å²) in [6, 6.07) is 2.33. The van der Waals surface area contributed by atoms with Crippen LogP contribution in [0, 0.1) is 6.92 Å². The molecular weight excluding hydrogens is 231 g/mol. The van der Waals surface area contributed by atoms with Gasteiger partial charge < -0.3 is 19.2 Å². The number of hydrogen-bond donors (Lipinski definition) is 2. The Bertz CT molecular complexity index is 617. The molecule has 0 saturated carbocycles. The quantitative estimate of drug-likeness (QED) is 0.741. The zero-order valence-corrected chi connectivity index (χ0v) is 9.51. The molecule has 0 aliphatic rings. The van der Waals surface area contributed by atoms with Gasteiger partial charge in [0.15, 0.2) is 0 Å². The first kappa shape index (κ1) is 10.8. The molecule has 0 bridgehead atoms. The van der Waals surface area contributed by atoms with Gasteiger partial charge in [0.2, 0.25) is 11.2 Å². The van der Waals surface area contributed by atoms with Crippen molar-refractivity contribution in [3.63, 3.8) is 0 Å². The Labute approximate surface area is 92.6 Å². The molecule has 1 atom stereocenters. The molecule has 1 aromatic carbocycles. The first-order valence-electron chi connectivity index (χ1n) is 4.40. The topological polar surface area (TPSA) is 79.9 Å². The molecule has 0 saturated heterocycles. The van der Waals surface area contributed by atoms with E-state index in [2.05, 4.69) is 0 Å². The van der Waals surface area contributed by atoms with Gasteiger partial charge in [-0.1, -0.05) is 0 Å². The summed E-state index contributed by atoms with van der Waals surface area (Å²) >= 11 is 0. The predicted octanol–water partition coefficient (Wildman–Crippen LogP) is 1.68. The van der Waals surface area contributed by atoms with Crippen LogP contribution in [0.15, 0.2) is 21.3 Å². The maximum atomic E-state index is 11.9. The summed E-state index contributed by atoms with van der Waals surface area (Å²) in [4.78, 5) is 11.9. The summed E-state index contributed by atoms with van der Waals surface area (Å²) in [6.07, 6.45) is 0. The number of phenolic OH excluding ortho intramolecular Hbond substituents is 2. The molecule has 0 radical (unpaired) electrons. The van der Waals surface area contributed by atoms with E-state index in [-0.39, 0.29) is 34.0 Å². The monoisotopic (exact) mass is 240 g/mol. The number of fused-ring (bicyclic) bond motifs is 1. The van der Waals surface area contributed by atoms with Gasteiger partial charge in [-0.05, 0) is 6.92 Å². The Balaban J connectivity index is 2.99. The van der Waals surface area contributed by atoms with Crippen LogP contribution in [0.2, 0.25) is 0 Å². The Morgan fingerprint density at radius 2 is 2.06 bits per heavy atom. The van der Waals surface area contributed by atoms with Crippen LogP contribution < -0.4 is 9.95 Å². The molecule has 6 heteroatoms. The van der Waals surface area contributed by atoms with Crippen molar-refractivity contribution in [2.45, 2.75) is 6.92 Å². The SMILES string of the molecule is Cc1oc2cc(O)cc(O)c2c(=O)c1OP. The van der Waals surface area contributed by atoms with E-state index in [1.54, 1.807) is 6.92 Å². The van der Waals surface area contributed by atoms with Crippen molar-refractivity contribution < 1.29 is 19.2 Å². The molecule has 84 valence electrons. The second kappa shape index (κ2) is 3.68. The summed E-state index contributed by atoms with van der Waals surface area (Å²) in [6.45, 7) is 1.56. The van der Waals surface area contributed by atoms with Crippen LogP contribution >= 0.6 is 9.47 Å². The van der Waals surface area contributed by atoms with E-state index in [0.717, 1.165) is 6.07 Å². The molecule has 2 rings (SSSR count). The minimum absolute atomic E-state index is 0.0125. The van der Waals surface area contributed by atoms with Crippen LogP contribution in [0.4, 0.5) is 0 Å². The lowest BCUT2D eigenvalue weighted by atomic mass is 10.2. The second-order valence-electron chi connectivity index (χ2n) is 3.27. The molecule has 0 fully saturated rings. The number of hydrogen-bond acceptors (Lipinski definition) is 5.